The minimum atomic E-state index is -0.0703. The Morgan fingerprint density at radius 1 is 1.13 bits per heavy atom. The third-order valence-corrected chi connectivity index (χ3v) is 3.80. The lowest BCUT2D eigenvalue weighted by Crippen LogP contribution is -2.44. The maximum Gasteiger partial charge on any atom is 0.253 e. The van der Waals surface area contributed by atoms with Crippen LogP contribution in [0.4, 0.5) is 0 Å². The summed E-state index contributed by atoms with van der Waals surface area (Å²) in [7, 11) is 1.54. The lowest BCUT2D eigenvalue weighted by Gasteiger charge is -2.32. The van der Waals surface area contributed by atoms with Gasteiger partial charge in [0.25, 0.3) is 5.91 Å². The van der Waals surface area contributed by atoms with Gasteiger partial charge in [-0.1, -0.05) is 18.2 Å². The van der Waals surface area contributed by atoms with Crippen LogP contribution in [-0.2, 0) is 0 Å². The Bertz CT molecular complexity index is 646. The van der Waals surface area contributed by atoms with Crippen LogP contribution < -0.4 is 9.47 Å². The molecule has 1 aromatic carbocycles. The summed E-state index contributed by atoms with van der Waals surface area (Å²) in [4.78, 5) is 14.3. The first-order chi connectivity index (χ1) is 11.3. The minimum absolute atomic E-state index is 0.0414. The molecule has 1 atom stereocenters. The first-order valence-corrected chi connectivity index (χ1v) is 7.65. The number of carbonyl (C=O) groups excluding carboxylic acids is 1. The Morgan fingerprint density at radius 3 is 2.57 bits per heavy atom. The number of aromatic nitrogens is 2. The molecular weight excluding hydrogens is 294 g/mol. The van der Waals surface area contributed by atoms with E-state index in [-0.39, 0.29) is 12.0 Å². The van der Waals surface area contributed by atoms with Crippen molar-refractivity contribution in [3.8, 4) is 11.8 Å². The highest BCUT2D eigenvalue weighted by Crippen LogP contribution is 2.19. The lowest BCUT2D eigenvalue weighted by atomic mass is 10.1. The van der Waals surface area contributed by atoms with Gasteiger partial charge in [0.1, 0.15) is 6.10 Å². The van der Waals surface area contributed by atoms with Crippen molar-refractivity contribution in [1.82, 2.24) is 15.1 Å². The van der Waals surface area contributed by atoms with Crippen molar-refractivity contribution in [1.29, 1.82) is 0 Å². The second kappa shape index (κ2) is 7.09. The van der Waals surface area contributed by atoms with Gasteiger partial charge >= 0.3 is 0 Å². The van der Waals surface area contributed by atoms with Crippen molar-refractivity contribution < 1.29 is 14.3 Å². The molecular formula is C17H19N3O3. The highest BCUT2D eigenvalue weighted by atomic mass is 16.5. The van der Waals surface area contributed by atoms with Crippen molar-refractivity contribution in [2.45, 2.75) is 18.9 Å². The van der Waals surface area contributed by atoms with Gasteiger partial charge in [0, 0.05) is 24.2 Å². The van der Waals surface area contributed by atoms with E-state index in [0.29, 0.717) is 23.9 Å². The summed E-state index contributed by atoms with van der Waals surface area (Å²) >= 11 is 0. The molecule has 0 N–H and O–H groups in total. The van der Waals surface area contributed by atoms with Gasteiger partial charge in [-0.25, -0.2) is 0 Å². The standard InChI is InChI=1S/C17H19N3O3/c1-22-15-9-10-16(19-18-15)23-14-8-5-11-20(12-14)17(21)13-6-3-2-4-7-13/h2-4,6-7,9-10,14H,5,8,11-12H2,1H3. The first-order valence-electron chi connectivity index (χ1n) is 7.65. The van der Waals surface area contributed by atoms with Gasteiger partial charge in [-0.05, 0) is 25.0 Å². The number of likely N-dealkylation sites (tertiary alicyclic amines) is 1. The number of methoxy groups -OCH3 is 1. The molecule has 1 fully saturated rings. The SMILES string of the molecule is COc1ccc(OC2CCCN(C(=O)c3ccccc3)C2)nn1. The van der Waals surface area contributed by atoms with Crippen LogP contribution in [-0.4, -0.2) is 47.3 Å². The summed E-state index contributed by atoms with van der Waals surface area (Å²) < 4.78 is 10.8. The number of hydrogen-bond acceptors (Lipinski definition) is 5. The number of benzene rings is 1. The van der Waals surface area contributed by atoms with E-state index in [1.54, 1.807) is 19.2 Å². The number of nitrogens with zero attached hydrogens (tertiary/aromatic N) is 3. The van der Waals surface area contributed by atoms with Crippen molar-refractivity contribution in [2.75, 3.05) is 20.2 Å². The first kappa shape index (κ1) is 15.3. The summed E-state index contributed by atoms with van der Waals surface area (Å²) in [5, 5.41) is 7.86. The summed E-state index contributed by atoms with van der Waals surface area (Å²) in [5.41, 5.74) is 0.706. The third-order valence-electron chi connectivity index (χ3n) is 3.80. The number of piperidine rings is 1. The zero-order valence-electron chi connectivity index (χ0n) is 13.0. The Labute approximate surface area is 135 Å². The fourth-order valence-electron chi connectivity index (χ4n) is 2.63. The average molecular weight is 313 g/mol. The zero-order chi connectivity index (χ0) is 16.1. The maximum absolute atomic E-state index is 12.5. The lowest BCUT2D eigenvalue weighted by molar-refractivity contribution is 0.0525. The maximum atomic E-state index is 12.5. The number of amides is 1. The van der Waals surface area contributed by atoms with Crippen molar-refractivity contribution in [3.63, 3.8) is 0 Å². The van der Waals surface area contributed by atoms with Crippen LogP contribution in [0, 0.1) is 0 Å². The molecule has 0 saturated carbocycles. The van der Waals surface area contributed by atoms with Crippen LogP contribution >= 0.6 is 0 Å². The van der Waals surface area contributed by atoms with Gasteiger partial charge in [0.05, 0.1) is 13.7 Å². The van der Waals surface area contributed by atoms with E-state index in [1.807, 2.05) is 35.2 Å². The molecule has 1 aliphatic heterocycles. The van der Waals surface area contributed by atoms with E-state index in [9.17, 15) is 4.79 Å². The van der Waals surface area contributed by atoms with Crippen LogP contribution in [0.3, 0.4) is 0 Å². The molecule has 3 rings (SSSR count). The Kier molecular flexibility index (Phi) is 4.71. The van der Waals surface area contributed by atoms with Crippen LogP contribution in [0.1, 0.15) is 23.2 Å². The predicted octanol–water partition coefficient (Wildman–Crippen LogP) is 2.17. The fraction of sp³-hybridized carbons (Fsp3) is 0.353. The Balaban J connectivity index is 1.62. The molecule has 23 heavy (non-hydrogen) atoms. The van der Waals surface area contributed by atoms with Gasteiger partial charge in [-0.3, -0.25) is 4.79 Å². The molecule has 1 saturated heterocycles. The van der Waals surface area contributed by atoms with Crippen molar-refractivity contribution >= 4 is 5.91 Å². The Hall–Kier alpha value is -2.63. The monoisotopic (exact) mass is 313 g/mol. The number of carbonyl (C=O) groups is 1. The number of hydrogen-bond donors (Lipinski definition) is 0. The van der Waals surface area contributed by atoms with E-state index in [1.165, 1.54) is 0 Å². The van der Waals surface area contributed by atoms with E-state index in [2.05, 4.69) is 10.2 Å². The van der Waals surface area contributed by atoms with Gasteiger partial charge < -0.3 is 14.4 Å². The fourth-order valence-corrected chi connectivity index (χ4v) is 2.63. The summed E-state index contributed by atoms with van der Waals surface area (Å²) in [6.45, 7) is 1.31. The molecule has 6 heteroatoms. The van der Waals surface area contributed by atoms with Crippen molar-refractivity contribution in [3.05, 3.63) is 48.0 Å². The molecule has 1 unspecified atom stereocenters. The van der Waals surface area contributed by atoms with Crippen LogP contribution in [0.5, 0.6) is 11.8 Å². The van der Waals surface area contributed by atoms with Crippen LogP contribution in [0.25, 0.3) is 0 Å². The number of ether oxygens (including phenoxy) is 2. The number of rotatable bonds is 4. The van der Waals surface area contributed by atoms with Crippen molar-refractivity contribution in [2.24, 2.45) is 0 Å². The predicted molar refractivity (Wildman–Crippen MR) is 84.6 cm³/mol. The summed E-state index contributed by atoms with van der Waals surface area (Å²) in [5.74, 6) is 0.936. The van der Waals surface area contributed by atoms with Crippen LogP contribution in [0.2, 0.25) is 0 Å². The highest BCUT2D eigenvalue weighted by Gasteiger charge is 2.25. The normalized spacial score (nSPS) is 17.6. The largest absolute Gasteiger partial charge is 0.480 e. The summed E-state index contributed by atoms with van der Waals surface area (Å²) in [6.07, 6.45) is 1.73. The molecule has 0 bridgehead atoms. The van der Waals surface area contributed by atoms with Crippen LogP contribution in [0.15, 0.2) is 42.5 Å². The minimum Gasteiger partial charge on any atom is -0.480 e. The molecule has 2 heterocycles. The van der Waals surface area contributed by atoms with Gasteiger partial charge in [-0.15, -0.1) is 10.2 Å². The molecule has 2 aromatic rings. The molecule has 0 spiro atoms. The molecule has 1 aliphatic rings. The van der Waals surface area contributed by atoms with Gasteiger partial charge in [0.2, 0.25) is 11.8 Å². The Morgan fingerprint density at radius 2 is 1.87 bits per heavy atom. The average Bonchev–Trinajstić information content (AvgIpc) is 2.63. The molecule has 0 aliphatic carbocycles. The van der Waals surface area contributed by atoms with E-state index < -0.39 is 0 Å². The molecule has 120 valence electrons. The highest BCUT2D eigenvalue weighted by molar-refractivity contribution is 5.94. The molecule has 1 aromatic heterocycles. The smallest absolute Gasteiger partial charge is 0.253 e. The zero-order valence-corrected chi connectivity index (χ0v) is 13.0. The topological polar surface area (TPSA) is 64.6 Å². The molecule has 0 radical (unpaired) electrons. The third kappa shape index (κ3) is 3.77. The van der Waals surface area contributed by atoms with E-state index in [0.717, 1.165) is 19.4 Å². The molecule has 6 nitrogen and oxygen atoms in total. The van der Waals surface area contributed by atoms with Gasteiger partial charge in [0.15, 0.2) is 0 Å². The second-order valence-electron chi connectivity index (χ2n) is 5.41. The van der Waals surface area contributed by atoms with E-state index >= 15 is 0 Å². The van der Waals surface area contributed by atoms with Gasteiger partial charge in [-0.2, -0.15) is 0 Å². The molecule has 1 amide bonds. The summed E-state index contributed by atoms with van der Waals surface area (Å²) in [6, 6.07) is 12.8. The quantitative estimate of drug-likeness (QED) is 0.865. The van der Waals surface area contributed by atoms with E-state index in [4.69, 9.17) is 9.47 Å². The second-order valence-corrected chi connectivity index (χ2v) is 5.41.